The minimum absolute atomic E-state index is 0.0429. The number of hydrogen-bond acceptors (Lipinski definition) is 6. The molecule has 2 aliphatic rings. The molecule has 6 nitrogen and oxygen atoms in total. The number of amides is 2. The molecule has 0 spiro atoms. The lowest BCUT2D eigenvalue weighted by molar-refractivity contribution is -0.139. The highest BCUT2D eigenvalue weighted by molar-refractivity contribution is 7.99. The lowest BCUT2D eigenvalue weighted by Crippen LogP contribution is -2.61. The third-order valence-corrected chi connectivity index (χ3v) is 6.75. The number of morpholine rings is 1. The Morgan fingerprint density at radius 2 is 1.88 bits per heavy atom. The number of carbonyl (C=O) groups excluding carboxylic acids is 2. The predicted octanol–water partition coefficient (Wildman–Crippen LogP) is 1.08. The molecule has 1 aromatic rings. The second-order valence-corrected chi connectivity index (χ2v) is 8.64. The monoisotopic (exact) mass is 383 g/mol. The summed E-state index contributed by atoms with van der Waals surface area (Å²) in [6.45, 7) is 4.19. The average molecular weight is 384 g/mol. The third-order valence-electron chi connectivity index (χ3n) is 4.89. The molecule has 0 bridgehead atoms. The van der Waals surface area contributed by atoms with Gasteiger partial charge in [0.25, 0.3) is 0 Å². The molecule has 3 rings (SSSR count). The molecule has 2 saturated heterocycles. The molecule has 2 N–H and O–H groups in total. The van der Waals surface area contributed by atoms with E-state index in [0.717, 1.165) is 55.5 Å². The molecule has 25 heavy (non-hydrogen) atoms. The Morgan fingerprint density at radius 3 is 2.56 bits per heavy atom. The predicted molar refractivity (Wildman–Crippen MR) is 101 cm³/mol. The highest BCUT2D eigenvalue weighted by Gasteiger charge is 2.39. The molecule has 2 aliphatic heterocycles. The van der Waals surface area contributed by atoms with E-state index in [0.29, 0.717) is 13.1 Å². The quantitative estimate of drug-likeness (QED) is 0.745. The zero-order valence-corrected chi connectivity index (χ0v) is 15.9. The number of thiophene rings is 1. The van der Waals surface area contributed by atoms with Crippen molar-refractivity contribution in [3.63, 3.8) is 0 Å². The van der Waals surface area contributed by atoms with E-state index in [2.05, 4.69) is 15.5 Å². The number of carbonyl (C=O) groups is 2. The van der Waals surface area contributed by atoms with Crippen LogP contribution >= 0.6 is 23.1 Å². The Bertz CT molecular complexity index is 568. The van der Waals surface area contributed by atoms with E-state index in [1.54, 1.807) is 11.3 Å². The lowest BCUT2D eigenvalue weighted by atomic mass is 9.89. The highest BCUT2D eigenvalue weighted by atomic mass is 32.2. The summed E-state index contributed by atoms with van der Waals surface area (Å²) in [6.07, 6.45) is 2.07. The van der Waals surface area contributed by atoms with Gasteiger partial charge in [0.05, 0.1) is 19.8 Å². The van der Waals surface area contributed by atoms with Crippen molar-refractivity contribution in [2.24, 2.45) is 0 Å². The van der Waals surface area contributed by atoms with Crippen LogP contribution in [-0.2, 0) is 20.9 Å². The van der Waals surface area contributed by atoms with Crippen molar-refractivity contribution >= 4 is 34.9 Å². The van der Waals surface area contributed by atoms with Crippen molar-refractivity contribution in [1.29, 1.82) is 0 Å². The van der Waals surface area contributed by atoms with Crippen LogP contribution in [0, 0.1) is 0 Å². The van der Waals surface area contributed by atoms with Crippen LogP contribution in [0.5, 0.6) is 0 Å². The van der Waals surface area contributed by atoms with Crippen molar-refractivity contribution in [2.45, 2.75) is 24.9 Å². The van der Waals surface area contributed by atoms with Gasteiger partial charge >= 0.3 is 11.8 Å². The van der Waals surface area contributed by atoms with E-state index >= 15 is 0 Å². The van der Waals surface area contributed by atoms with E-state index in [1.807, 2.05) is 29.3 Å². The Hall–Kier alpha value is -1.09. The first-order valence-corrected chi connectivity index (χ1v) is 10.7. The second-order valence-electron chi connectivity index (χ2n) is 6.38. The maximum absolute atomic E-state index is 12.2. The fourth-order valence-electron chi connectivity index (χ4n) is 3.38. The van der Waals surface area contributed by atoms with Crippen molar-refractivity contribution in [3.05, 3.63) is 22.4 Å². The Labute approximate surface area is 156 Å². The third kappa shape index (κ3) is 4.97. The van der Waals surface area contributed by atoms with Gasteiger partial charge in [-0.05, 0) is 35.8 Å². The molecule has 3 heterocycles. The number of nitrogens with zero attached hydrogens (tertiary/aromatic N) is 1. The molecule has 1 aromatic heterocycles. The topological polar surface area (TPSA) is 70.7 Å². The zero-order chi connectivity index (χ0) is 17.5. The summed E-state index contributed by atoms with van der Waals surface area (Å²) in [5.74, 6) is 1.09. The molecule has 2 fully saturated rings. The first-order valence-electron chi connectivity index (χ1n) is 8.69. The summed E-state index contributed by atoms with van der Waals surface area (Å²) in [6, 6.07) is 3.87. The maximum atomic E-state index is 12.2. The Balaban J connectivity index is 1.52. The number of thioether (sulfide) groups is 1. The van der Waals surface area contributed by atoms with Gasteiger partial charge in [-0.25, -0.2) is 0 Å². The van der Waals surface area contributed by atoms with Gasteiger partial charge in [0.2, 0.25) is 0 Å². The van der Waals surface area contributed by atoms with E-state index in [9.17, 15) is 9.59 Å². The minimum Gasteiger partial charge on any atom is -0.379 e. The fourth-order valence-corrected chi connectivity index (χ4v) is 5.28. The molecule has 8 heteroatoms. The summed E-state index contributed by atoms with van der Waals surface area (Å²) in [7, 11) is 0. The molecule has 0 saturated carbocycles. The molecular weight excluding hydrogens is 358 g/mol. The molecule has 0 aromatic carbocycles. The van der Waals surface area contributed by atoms with Crippen molar-refractivity contribution in [2.75, 3.05) is 44.4 Å². The number of hydrogen-bond donors (Lipinski definition) is 2. The van der Waals surface area contributed by atoms with Gasteiger partial charge in [0, 0.05) is 30.1 Å². The first kappa shape index (κ1) is 18.7. The number of rotatable bonds is 5. The molecule has 138 valence electrons. The fraction of sp³-hybridized carbons (Fsp3) is 0.647. The summed E-state index contributed by atoms with van der Waals surface area (Å²) in [4.78, 5) is 27.7. The van der Waals surface area contributed by atoms with Gasteiger partial charge in [0.15, 0.2) is 0 Å². The van der Waals surface area contributed by atoms with Crippen LogP contribution in [0.2, 0.25) is 0 Å². The van der Waals surface area contributed by atoms with Gasteiger partial charge in [-0.2, -0.15) is 11.8 Å². The highest BCUT2D eigenvalue weighted by Crippen LogP contribution is 2.32. The van der Waals surface area contributed by atoms with E-state index in [1.165, 1.54) is 0 Å². The molecule has 0 aliphatic carbocycles. The Kier molecular flexibility index (Phi) is 6.75. The van der Waals surface area contributed by atoms with E-state index < -0.39 is 11.8 Å². The van der Waals surface area contributed by atoms with E-state index in [4.69, 9.17) is 4.74 Å². The molecule has 0 radical (unpaired) electrons. The molecule has 0 unspecified atom stereocenters. The Morgan fingerprint density at radius 1 is 1.16 bits per heavy atom. The largest absolute Gasteiger partial charge is 0.379 e. The minimum atomic E-state index is -0.560. The van der Waals surface area contributed by atoms with Crippen molar-refractivity contribution in [3.8, 4) is 0 Å². The van der Waals surface area contributed by atoms with Gasteiger partial charge in [0.1, 0.15) is 0 Å². The molecule has 0 atom stereocenters. The summed E-state index contributed by atoms with van der Waals surface area (Å²) < 4.78 is 5.47. The summed E-state index contributed by atoms with van der Waals surface area (Å²) in [5, 5.41) is 7.52. The van der Waals surface area contributed by atoms with Gasteiger partial charge in [-0.1, -0.05) is 6.07 Å². The lowest BCUT2D eigenvalue weighted by Gasteiger charge is -2.47. The van der Waals surface area contributed by atoms with Crippen LogP contribution < -0.4 is 10.6 Å². The average Bonchev–Trinajstić information content (AvgIpc) is 3.19. The maximum Gasteiger partial charge on any atom is 0.309 e. The van der Waals surface area contributed by atoms with Gasteiger partial charge in [-0.15, -0.1) is 11.3 Å². The van der Waals surface area contributed by atoms with Crippen LogP contribution in [0.15, 0.2) is 17.5 Å². The summed E-state index contributed by atoms with van der Waals surface area (Å²) >= 11 is 3.52. The standard InChI is InChI=1S/C17H25N3O3S2/c21-15(18-12-14-2-1-9-25-14)16(22)19-13-17(3-10-24-11-4-17)20-5-7-23-8-6-20/h1-2,9H,3-8,10-13H2,(H,18,21)(H,19,22). The smallest absolute Gasteiger partial charge is 0.309 e. The van der Waals surface area contributed by atoms with Crippen LogP contribution in [0.4, 0.5) is 0 Å². The van der Waals surface area contributed by atoms with Crippen molar-refractivity contribution in [1.82, 2.24) is 15.5 Å². The second kappa shape index (κ2) is 9.02. The number of nitrogens with one attached hydrogen (secondary N) is 2. The van der Waals surface area contributed by atoms with Crippen LogP contribution in [0.1, 0.15) is 17.7 Å². The van der Waals surface area contributed by atoms with Gasteiger partial charge < -0.3 is 15.4 Å². The van der Waals surface area contributed by atoms with Crippen LogP contribution in [-0.4, -0.2) is 66.6 Å². The normalized spacial score (nSPS) is 20.8. The molecular formula is C17H25N3O3S2. The summed E-state index contributed by atoms with van der Waals surface area (Å²) in [5.41, 5.74) is -0.0429. The zero-order valence-electron chi connectivity index (χ0n) is 14.3. The van der Waals surface area contributed by atoms with Crippen LogP contribution in [0.25, 0.3) is 0 Å². The van der Waals surface area contributed by atoms with Gasteiger partial charge in [-0.3, -0.25) is 14.5 Å². The molecule has 2 amide bonds. The van der Waals surface area contributed by atoms with E-state index in [-0.39, 0.29) is 5.54 Å². The van der Waals surface area contributed by atoms with Crippen molar-refractivity contribution < 1.29 is 14.3 Å². The first-order chi connectivity index (χ1) is 12.2. The number of ether oxygens (including phenoxy) is 1. The van der Waals surface area contributed by atoms with Crippen LogP contribution in [0.3, 0.4) is 0 Å². The SMILES string of the molecule is O=C(NCc1cccs1)C(=O)NCC1(N2CCOCC2)CCSCC1.